The van der Waals surface area contributed by atoms with Crippen LogP contribution in [-0.4, -0.2) is 50.3 Å². The van der Waals surface area contributed by atoms with Crippen molar-refractivity contribution in [3.63, 3.8) is 0 Å². The number of nitrogens with one attached hydrogen (secondary N) is 3. The average Bonchev–Trinajstić information content (AvgIpc) is 2.86. The number of hydrogen-bond donors (Lipinski definition) is 3. The molecule has 0 aromatic carbocycles. The van der Waals surface area contributed by atoms with Gasteiger partial charge in [0.25, 0.3) is 0 Å². The second-order valence-electron chi connectivity index (χ2n) is 6.66. The molecule has 3 N–H and O–H groups in total. The van der Waals surface area contributed by atoms with Gasteiger partial charge >= 0.3 is 12.0 Å². The van der Waals surface area contributed by atoms with Crippen LogP contribution >= 0.6 is 23.6 Å². The Bertz CT molecular complexity index is 638. The van der Waals surface area contributed by atoms with E-state index in [4.69, 9.17) is 21.4 Å². The van der Waals surface area contributed by atoms with Crippen LogP contribution in [0.2, 0.25) is 18.1 Å². The van der Waals surface area contributed by atoms with E-state index in [1.807, 2.05) is 0 Å². The first-order valence-corrected chi connectivity index (χ1v) is 11.4. The number of aromatic amines is 1. The number of carbonyl (C=O) groups is 2. The highest BCUT2D eigenvalue weighted by atomic mass is 32.1. The molecule has 1 rings (SSSR count). The summed E-state index contributed by atoms with van der Waals surface area (Å²) in [5.74, 6) is -0.571. The largest absolute Gasteiger partial charge is 0.467 e. The van der Waals surface area contributed by atoms with Gasteiger partial charge in [-0.25, -0.2) is 9.59 Å². The number of anilines is 1. The van der Waals surface area contributed by atoms with Gasteiger partial charge in [0.1, 0.15) is 0 Å². The van der Waals surface area contributed by atoms with Gasteiger partial charge in [0.2, 0.25) is 5.13 Å². The first kappa shape index (κ1) is 20.7. The summed E-state index contributed by atoms with van der Waals surface area (Å²) >= 11 is 6.00. The molecule has 1 heterocycles. The molecule has 0 spiro atoms. The van der Waals surface area contributed by atoms with E-state index in [0.29, 0.717) is 9.09 Å². The summed E-state index contributed by atoms with van der Waals surface area (Å²) in [5.41, 5.74) is 0. The Hall–Kier alpha value is -1.30. The molecule has 11 heteroatoms. The van der Waals surface area contributed by atoms with Crippen molar-refractivity contribution < 1.29 is 18.8 Å². The highest BCUT2D eigenvalue weighted by molar-refractivity contribution is 7.73. The van der Waals surface area contributed by atoms with Crippen LogP contribution in [0.25, 0.3) is 0 Å². The summed E-state index contributed by atoms with van der Waals surface area (Å²) in [6, 6.07) is -1.49. The highest BCUT2D eigenvalue weighted by Crippen LogP contribution is 2.36. The van der Waals surface area contributed by atoms with Gasteiger partial charge in [-0.1, -0.05) is 32.1 Å². The molecule has 0 radical (unpaired) electrons. The molecule has 0 bridgehead atoms. The molecule has 0 unspecified atom stereocenters. The third-order valence-corrected chi connectivity index (χ3v) is 9.37. The minimum atomic E-state index is -2.06. The zero-order valence-electron chi connectivity index (χ0n) is 14.7. The summed E-state index contributed by atoms with van der Waals surface area (Å²) in [6.45, 7) is 10.5. The topological polar surface area (TPSA) is 105 Å². The third-order valence-electron chi connectivity index (χ3n) is 3.87. The maximum atomic E-state index is 12.0. The first-order valence-electron chi connectivity index (χ1n) is 7.31. The van der Waals surface area contributed by atoms with Gasteiger partial charge in [-0.2, -0.15) is 0 Å². The van der Waals surface area contributed by atoms with E-state index < -0.39 is 26.4 Å². The number of esters is 1. The fourth-order valence-corrected chi connectivity index (χ4v) is 3.19. The number of amides is 2. The maximum Gasteiger partial charge on any atom is 0.330 e. The van der Waals surface area contributed by atoms with Gasteiger partial charge in [-0.05, 0) is 30.4 Å². The van der Waals surface area contributed by atoms with Gasteiger partial charge in [0.15, 0.2) is 18.3 Å². The molecule has 1 atom stereocenters. The molecule has 0 aliphatic rings. The Morgan fingerprint density at radius 1 is 1.42 bits per heavy atom. The molecule has 136 valence electrons. The standard InChI is InChI=1S/C13H24N4O4S2Si/c1-13(2,3)24(5,6)21-7-8(9(18)20-4)14-10(19)15-11-16-17-12(22)23-11/h8H,7H2,1-6H3,(H,17,22)(H2,14,15,16,19)/t8-/m0/s1. The predicted molar refractivity (Wildman–Crippen MR) is 98.4 cm³/mol. The highest BCUT2D eigenvalue weighted by Gasteiger charge is 2.38. The van der Waals surface area contributed by atoms with E-state index >= 15 is 0 Å². The molecule has 0 aliphatic heterocycles. The molecule has 1 aromatic heterocycles. The average molecular weight is 393 g/mol. The molecule has 0 aliphatic carbocycles. The minimum absolute atomic E-state index is 0.00743. The van der Waals surface area contributed by atoms with Gasteiger partial charge < -0.3 is 14.5 Å². The Balaban J connectivity index is 2.70. The Kier molecular flexibility index (Phi) is 7.07. The number of hydrogen-bond acceptors (Lipinski definition) is 7. The molecule has 0 saturated carbocycles. The van der Waals surface area contributed by atoms with Crippen molar-refractivity contribution in [1.29, 1.82) is 0 Å². The maximum absolute atomic E-state index is 12.0. The molecular weight excluding hydrogens is 368 g/mol. The lowest BCUT2D eigenvalue weighted by atomic mass is 10.2. The van der Waals surface area contributed by atoms with Crippen LogP contribution < -0.4 is 10.6 Å². The summed E-state index contributed by atoms with van der Waals surface area (Å²) in [7, 11) is -0.792. The van der Waals surface area contributed by atoms with Crippen LogP contribution in [-0.2, 0) is 14.0 Å². The summed E-state index contributed by atoms with van der Waals surface area (Å²) in [4.78, 5) is 23.9. The van der Waals surface area contributed by atoms with Crippen LogP contribution in [0.4, 0.5) is 9.93 Å². The number of carbonyl (C=O) groups excluding carboxylic acids is 2. The minimum Gasteiger partial charge on any atom is -0.467 e. The van der Waals surface area contributed by atoms with Crippen LogP contribution in [0.15, 0.2) is 0 Å². The number of nitrogens with zero attached hydrogens (tertiary/aromatic N) is 1. The predicted octanol–water partition coefficient (Wildman–Crippen LogP) is 2.89. The van der Waals surface area contributed by atoms with Crippen LogP contribution in [0.1, 0.15) is 20.8 Å². The molecular formula is C13H24N4O4S2Si. The quantitative estimate of drug-likeness (QED) is 0.390. The van der Waals surface area contributed by atoms with E-state index in [1.165, 1.54) is 7.11 Å². The number of urea groups is 1. The van der Waals surface area contributed by atoms with Crippen molar-refractivity contribution in [3.8, 4) is 0 Å². The summed E-state index contributed by atoms with van der Waals surface area (Å²) in [6.07, 6.45) is 0. The molecule has 1 aromatic rings. The first-order chi connectivity index (χ1) is 11.0. The molecule has 0 fully saturated rings. The van der Waals surface area contributed by atoms with E-state index in [2.05, 4.69) is 54.7 Å². The molecule has 2 amide bonds. The van der Waals surface area contributed by atoms with E-state index in [-0.39, 0.29) is 11.6 Å². The van der Waals surface area contributed by atoms with Crippen molar-refractivity contribution in [2.75, 3.05) is 19.0 Å². The smallest absolute Gasteiger partial charge is 0.330 e. The lowest BCUT2D eigenvalue weighted by Gasteiger charge is -2.37. The number of aromatic nitrogens is 2. The lowest BCUT2D eigenvalue weighted by molar-refractivity contribution is -0.143. The summed E-state index contributed by atoms with van der Waals surface area (Å²) in [5, 5.41) is 11.7. The Morgan fingerprint density at radius 2 is 2.04 bits per heavy atom. The molecule has 8 nitrogen and oxygen atoms in total. The third kappa shape index (κ3) is 5.96. The molecule has 24 heavy (non-hydrogen) atoms. The van der Waals surface area contributed by atoms with Crippen LogP contribution in [0.5, 0.6) is 0 Å². The number of methoxy groups -OCH3 is 1. The van der Waals surface area contributed by atoms with E-state index in [1.54, 1.807) is 0 Å². The fraction of sp³-hybridized carbons (Fsp3) is 0.692. The van der Waals surface area contributed by atoms with Crippen LogP contribution in [0.3, 0.4) is 0 Å². The van der Waals surface area contributed by atoms with Gasteiger partial charge in [-0.15, -0.1) is 5.10 Å². The van der Waals surface area contributed by atoms with E-state index in [9.17, 15) is 9.59 Å². The number of rotatable bonds is 6. The SMILES string of the molecule is COC(=O)[C@H](CO[Si](C)(C)C(C)(C)C)NC(=O)Nc1n[nH]c(=S)s1. The van der Waals surface area contributed by atoms with Crippen molar-refractivity contribution >= 4 is 49.0 Å². The second kappa shape index (κ2) is 8.19. The van der Waals surface area contributed by atoms with Crippen molar-refractivity contribution in [2.45, 2.75) is 44.9 Å². The molecule has 0 saturated heterocycles. The number of H-pyrrole nitrogens is 1. The van der Waals surface area contributed by atoms with Crippen molar-refractivity contribution in [2.24, 2.45) is 0 Å². The fourth-order valence-electron chi connectivity index (χ4n) is 1.39. The second-order valence-corrected chi connectivity index (χ2v) is 13.1. The van der Waals surface area contributed by atoms with Crippen LogP contribution in [0, 0.1) is 3.95 Å². The van der Waals surface area contributed by atoms with Crippen molar-refractivity contribution in [3.05, 3.63) is 3.95 Å². The van der Waals surface area contributed by atoms with E-state index in [0.717, 1.165) is 11.3 Å². The zero-order valence-corrected chi connectivity index (χ0v) is 17.3. The van der Waals surface area contributed by atoms with Crippen molar-refractivity contribution in [1.82, 2.24) is 15.5 Å². The number of ether oxygens (including phenoxy) is 1. The van der Waals surface area contributed by atoms with Gasteiger partial charge in [-0.3, -0.25) is 10.4 Å². The lowest BCUT2D eigenvalue weighted by Crippen LogP contribution is -2.50. The Morgan fingerprint density at radius 3 is 2.50 bits per heavy atom. The normalized spacial score (nSPS) is 13.2. The zero-order chi connectivity index (χ0) is 18.5. The monoisotopic (exact) mass is 392 g/mol. The summed E-state index contributed by atoms with van der Waals surface area (Å²) < 4.78 is 11.2. The van der Waals surface area contributed by atoms with Gasteiger partial charge in [0.05, 0.1) is 13.7 Å². The van der Waals surface area contributed by atoms with Gasteiger partial charge in [0, 0.05) is 0 Å². The Labute approximate surface area is 151 Å².